The lowest BCUT2D eigenvalue weighted by molar-refractivity contribution is -0.137. The summed E-state index contributed by atoms with van der Waals surface area (Å²) in [5, 5.41) is 0. The van der Waals surface area contributed by atoms with E-state index in [4.69, 9.17) is 4.74 Å². The monoisotopic (exact) mass is 278 g/mol. The lowest BCUT2D eigenvalue weighted by Crippen LogP contribution is -2.04. The molecule has 0 bridgehead atoms. The molecule has 0 aliphatic heterocycles. The summed E-state index contributed by atoms with van der Waals surface area (Å²) < 4.78 is 4.89. The summed E-state index contributed by atoms with van der Waals surface area (Å²) in [4.78, 5) is 22.5. The van der Waals surface area contributed by atoms with Gasteiger partial charge in [0.05, 0.1) is 6.61 Å². The van der Waals surface area contributed by atoms with E-state index in [2.05, 4.69) is 6.08 Å². The molecule has 0 saturated heterocycles. The molecular formula is C17H26O3. The zero-order chi connectivity index (χ0) is 14.8. The normalized spacial score (nSPS) is 17.4. The van der Waals surface area contributed by atoms with Crippen molar-refractivity contribution in [2.45, 2.75) is 58.8 Å². The molecule has 0 N–H and O–H groups in total. The van der Waals surface area contributed by atoms with Crippen LogP contribution < -0.4 is 0 Å². The number of esters is 1. The molecule has 3 nitrogen and oxygen atoms in total. The number of rotatable bonds is 7. The van der Waals surface area contributed by atoms with Crippen LogP contribution in [0.25, 0.3) is 0 Å². The first-order valence-corrected chi connectivity index (χ1v) is 7.66. The minimum Gasteiger partial charge on any atom is -0.463 e. The second kappa shape index (κ2) is 9.51. The molecule has 0 aromatic rings. The van der Waals surface area contributed by atoms with Crippen molar-refractivity contribution >= 4 is 11.8 Å². The molecule has 1 saturated carbocycles. The molecule has 0 aromatic heterocycles. The third-order valence-electron chi connectivity index (χ3n) is 3.59. The maximum absolute atomic E-state index is 11.4. The van der Waals surface area contributed by atoms with Crippen LogP contribution in [0, 0.1) is 5.92 Å². The molecule has 0 heterocycles. The largest absolute Gasteiger partial charge is 0.463 e. The highest BCUT2D eigenvalue weighted by Crippen LogP contribution is 2.26. The molecule has 0 unspecified atom stereocenters. The fourth-order valence-electron chi connectivity index (χ4n) is 2.51. The van der Waals surface area contributed by atoms with E-state index in [1.165, 1.54) is 38.2 Å². The summed E-state index contributed by atoms with van der Waals surface area (Å²) in [5.41, 5.74) is 1.08. The van der Waals surface area contributed by atoms with Crippen molar-refractivity contribution in [3.05, 3.63) is 23.8 Å². The van der Waals surface area contributed by atoms with Gasteiger partial charge in [-0.3, -0.25) is 0 Å². The zero-order valence-corrected chi connectivity index (χ0v) is 12.7. The molecule has 1 aliphatic rings. The second-order valence-corrected chi connectivity index (χ2v) is 5.43. The molecule has 0 spiro atoms. The van der Waals surface area contributed by atoms with Gasteiger partial charge in [0.2, 0.25) is 0 Å². The zero-order valence-electron chi connectivity index (χ0n) is 12.7. The van der Waals surface area contributed by atoms with Crippen LogP contribution in [0.15, 0.2) is 23.8 Å². The first-order valence-electron chi connectivity index (χ1n) is 7.66. The van der Waals surface area contributed by atoms with Crippen molar-refractivity contribution in [1.82, 2.24) is 0 Å². The molecule has 20 heavy (non-hydrogen) atoms. The van der Waals surface area contributed by atoms with E-state index in [0.29, 0.717) is 25.4 Å². The summed E-state index contributed by atoms with van der Waals surface area (Å²) in [6, 6.07) is 0. The Hall–Kier alpha value is -1.38. The molecule has 112 valence electrons. The highest BCUT2D eigenvalue weighted by Gasteiger charge is 2.11. The minimum atomic E-state index is -0.315. The van der Waals surface area contributed by atoms with Crippen LogP contribution >= 0.6 is 0 Å². The van der Waals surface area contributed by atoms with Gasteiger partial charge in [-0.1, -0.05) is 37.0 Å². The third-order valence-corrected chi connectivity index (χ3v) is 3.59. The average molecular weight is 278 g/mol. The number of allylic oxidation sites excluding steroid dienone is 3. The van der Waals surface area contributed by atoms with Gasteiger partial charge in [0.15, 0.2) is 0 Å². The van der Waals surface area contributed by atoms with Gasteiger partial charge < -0.3 is 9.53 Å². The van der Waals surface area contributed by atoms with Crippen LogP contribution in [0.2, 0.25) is 0 Å². The molecule has 0 atom stereocenters. The summed E-state index contributed by atoms with van der Waals surface area (Å²) in [6.07, 6.45) is 13.1. The van der Waals surface area contributed by atoms with E-state index >= 15 is 0 Å². The van der Waals surface area contributed by atoms with E-state index < -0.39 is 0 Å². The lowest BCUT2D eigenvalue weighted by Gasteiger charge is -2.19. The second-order valence-electron chi connectivity index (χ2n) is 5.43. The smallest absolute Gasteiger partial charge is 0.330 e. The Labute approximate surface area is 122 Å². The number of ether oxygens (including phenoxy) is 1. The standard InChI is InChI=1S/C17H26O3/c1-3-20-17(19)12-11-16(10-9-14(2)18)13-15-7-5-4-6-8-15/h11-13,15H,3-10H2,1-2H3/b12-11+,16-13-. The van der Waals surface area contributed by atoms with Crippen molar-refractivity contribution in [3.8, 4) is 0 Å². The molecule has 1 fully saturated rings. The summed E-state index contributed by atoms with van der Waals surface area (Å²) >= 11 is 0. The number of carbonyl (C=O) groups excluding carboxylic acids is 2. The van der Waals surface area contributed by atoms with E-state index in [1.54, 1.807) is 13.8 Å². The maximum atomic E-state index is 11.4. The van der Waals surface area contributed by atoms with Gasteiger partial charge in [-0.25, -0.2) is 4.79 Å². The van der Waals surface area contributed by atoms with Gasteiger partial charge in [0, 0.05) is 12.5 Å². The van der Waals surface area contributed by atoms with Crippen molar-refractivity contribution in [1.29, 1.82) is 0 Å². The number of hydrogen-bond donors (Lipinski definition) is 0. The van der Waals surface area contributed by atoms with Gasteiger partial charge >= 0.3 is 5.97 Å². The molecular weight excluding hydrogens is 252 g/mol. The Morgan fingerprint density at radius 3 is 2.40 bits per heavy atom. The molecule has 3 heteroatoms. The predicted molar refractivity (Wildman–Crippen MR) is 80.3 cm³/mol. The van der Waals surface area contributed by atoms with Gasteiger partial charge in [-0.05, 0) is 39.0 Å². The Morgan fingerprint density at radius 2 is 1.80 bits per heavy atom. The highest BCUT2D eigenvalue weighted by atomic mass is 16.5. The summed E-state index contributed by atoms with van der Waals surface area (Å²) in [6.45, 7) is 3.78. The minimum absolute atomic E-state index is 0.184. The Bertz CT molecular complexity index is 374. The van der Waals surface area contributed by atoms with E-state index in [-0.39, 0.29) is 11.8 Å². The van der Waals surface area contributed by atoms with Crippen LogP contribution in [0.3, 0.4) is 0 Å². The van der Waals surface area contributed by atoms with Gasteiger partial charge in [-0.2, -0.15) is 0 Å². The molecule has 1 aliphatic carbocycles. The number of carbonyl (C=O) groups is 2. The van der Waals surface area contributed by atoms with Crippen LogP contribution in [-0.2, 0) is 14.3 Å². The van der Waals surface area contributed by atoms with E-state index in [9.17, 15) is 9.59 Å². The molecule has 0 radical (unpaired) electrons. The summed E-state index contributed by atoms with van der Waals surface area (Å²) in [5.74, 6) is 0.464. The van der Waals surface area contributed by atoms with Crippen molar-refractivity contribution in [2.75, 3.05) is 6.61 Å². The number of ketones is 1. The fraction of sp³-hybridized carbons (Fsp3) is 0.647. The van der Waals surface area contributed by atoms with Crippen molar-refractivity contribution in [2.24, 2.45) is 5.92 Å². The average Bonchev–Trinajstić information content (AvgIpc) is 2.43. The van der Waals surface area contributed by atoms with Crippen LogP contribution in [0.1, 0.15) is 58.8 Å². The first kappa shape index (κ1) is 16.7. The lowest BCUT2D eigenvalue weighted by atomic mass is 9.87. The van der Waals surface area contributed by atoms with E-state index in [0.717, 1.165) is 5.57 Å². The Morgan fingerprint density at radius 1 is 1.10 bits per heavy atom. The summed E-state index contributed by atoms with van der Waals surface area (Å²) in [7, 11) is 0. The van der Waals surface area contributed by atoms with Gasteiger partial charge in [0.1, 0.15) is 5.78 Å². The van der Waals surface area contributed by atoms with Crippen LogP contribution in [0.4, 0.5) is 0 Å². The van der Waals surface area contributed by atoms with E-state index in [1.807, 2.05) is 6.08 Å². The van der Waals surface area contributed by atoms with Crippen molar-refractivity contribution in [3.63, 3.8) is 0 Å². The molecule has 0 aromatic carbocycles. The van der Waals surface area contributed by atoms with Crippen LogP contribution in [0.5, 0.6) is 0 Å². The third kappa shape index (κ3) is 7.27. The fourth-order valence-corrected chi connectivity index (χ4v) is 2.51. The first-order chi connectivity index (χ1) is 9.61. The topological polar surface area (TPSA) is 43.4 Å². The number of Topliss-reactive ketones (excluding diaryl/α,β-unsaturated/α-hetero) is 1. The van der Waals surface area contributed by atoms with Gasteiger partial charge in [0.25, 0.3) is 0 Å². The highest BCUT2D eigenvalue weighted by molar-refractivity contribution is 5.82. The quantitative estimate of drug-likeness (QED) is 0.402. The molecule has 0 amide bonds. The SMILES string of the molecule is CCOC(=O)/C=C/C(=C\C1CCCCC1)CCC(C)=O. The van der Waals surface area contributed by atoms with Crippen LogP contribution in [-0.4, -0.2) is 18.4 Å². The Balaban J connectivity index is 2.64. The maximum Gasteiger partial charge on any atom is 0.330 e. The van der Waals surface area contributed by atoms with Crippen molar-refractivity contribution < 1.29 is 14.3 Å². The molecule has 1 rings (SSSR count). The number of hydrogen-bond acceptors (Lipinski definition) is 3. The Kier molecular flexibility index (Phi) is 7.93. The predicted octanol–water partition coefficient (Wildman–Crippen LogP) is 3.98. The van der Waals surface area contributed by atoms with Gasteiger partial charge in [-0.15, -0.1) is 0 Å².